The Morgan fingerprint density at radius 2 is 1.90 bits per heavy atom. The molecular formula is C12H19F2N3O3S. The van der Waals surface area contributed by atoms with Gasteiger partial charge >= 0.3 is 0 Å². The summed E-state index contributed by atoms with van der Waals surface area (Å²) in [5.74, 6) is -2.32. The Hall–Kier alpha value is -1.09. The maximum Gasteiger partial charge on any atom is 0.248 e. The van der Waals surface area contributed by atoms with Crippen LogP contribution in [0.15, 0.2) is 4.52 Å². The number of aromatic nitrogens is 2. The number of alkyl halides is 2. The summed E-state index contributed by atoms with van der Waals surface area (Å²) in [5.41, 5.74) is -1.02. The quantitative estimate of drug-likeness (QED) is 0.917. The zero-order valence-corrected chi connectivity index (χ0v) is 13.0. The fourth-order valence-electron chi connectivity index (χ4n) is 2.45. The van der Waals surface area contributed by atoms with Gasteiger partial charge in [-0.25, -0.2) is 21.9 Å². The van der Waals surface area contributed by atoms with E-state index in [1.54, 1.807) is 13.8 Å². The van der Waals surface area contributed by atoms with Crippen molar-refractivity contribution in [2.45, 2.75) is 56.9 Å². The molecule has 0 spiro atoms. The van der Waals surface area contributed by atoms with E-state index in [1.807, 2.05) is 0 Å². The third kappa shape index (κ3) is 4.19. The molecule has 1 aliphatic carbocycles. The minimum Gasteiger partial charge on any atom is -0.339 e. The minimum atomic E-state index is -3.43. The lowest BCUT2D eigenvalue weighted by Crippen LogP contribution is -2.41. The molecule has 120 valence electrons. The molecule has 0 saturated heterocycles. The minimum absolute atomic E-state index is 0.194. The van der Waals surface area contributed by atoms with Gasteiger partial charge < -0.3 is 4.52 Å². The van der Waals surface area contributed by atoms with Crippen LogP contribution in [0.3, 0.4) is 0 Å². The van der Waals surface area contributed by atoms with Crippen molar-refractivity contribution in [2.75, 3.05) is 6.26 Å². The van der Waals surface area contributed by atoms with Gasteiger partial charge in [-0.15, -0.1) is 0 Å². The summed E-state index contributed by atoms with van der Waals surface area (Å²) < 4.78 is 56.4. The lowest BCUT2D eigenvalue weighted by molar-refractivity contribution is -0.0402. The molecule has 1 aromatic rings. The summed E-state index contributed by atoms with van der Waals surface area (Å²) in [6.45, 7) is 3.22. The summed E-state index contributed by atoms with van der Waals surface area (Å²) in [7, 11) is -3.43. The summed E-state index contributed by atoms with van der Waals surface area (Å²) >= 11 is 0. The Kier molecular flexibility index (Phi) is 4.09. The van der Waals surface area contributed by atoms with E-state index in [0.717, 1.165) is 6.26 Å². The Morgan fingerprint density at radius 3 is 2.43 bits per heavy atom. The SMILES string of the molecule is CC(C)(NS(C)(=O)=O)c1noc(C2CCC(F)(F)CC2)n1. The Morgan fingerprint density at radius 1 is 1.33 bits per heavy atom. The van der Waals surface area contributed by atoms with Crippen molar-refractivity contribution >= 4 is 10.0 Å². The Labute approximate surface area is 122 Å². The molecule has 0 aliphatic heterocycles. The van der Waals surface area contributed by atoms with E-state index >= 15 is 0 Å². The van der Waals surface area contributed by atoms with Gasteiger partial charge in [-0.2, -0.15) is 4.98 Å². The van der Waals surface area contributed by atoms with Gasteiger partial charge in [0, 0.05) is 18.8 Å². The van der Waals surface area contributed by atoms with Crippen molar-refractivity contribution in [1.29, 1.82) is 0 Å². The molecule has 1 N–H and O–H groups in total. The predicted molar refractivity (Wildman–Crippen MR) is 71.5 cm³/mol. The molecule has 1 fully saturated rings. The van der Waals surface area contributed by atoms with Crippen LogP contribution in [0.4, 0.5) is 8.78 Å². The smallest absolute Gasteiger partial charge is 0.248 e. The van der Waals surface area contributed by atoms with Crippen molar-refractivity contribution in [3.05, 3.63) is 11.7 Å². The van der Waals surface area contributed by atoms with Gasteiger partial charge in [0.05, 0.1) is 11.8 Å². The number of sulfonamides is 1. The van der Waals surface area contributed by atoms with E-state index in [0.29, 0.717) is 5.89 Å². The van der Waals surface area contributed by atoms with E-state index in [9.17, 15) is 17.2 Å². The standard InChI is InChI=1S/C12H19F2N3O3S/c1-11(2,17-21(3,18)19)10-15-9(20-16-10)8-4-6-12(13,14)7-5-8/h8,17H,4-7H2,1-3H3. The van der Waals surface area contributed by atoms with E-state index in [-0.39, 0.29) is 37.4 Å². The number of rotatable bonds is 4. The number of nitrogens with zero attached hydrogens (tertiary/aromatic N) is 2. The Bertz CT molecular complexity index is 603. The average molecular weight is 323 g/mol. The highest BCUT2D eigenvalue weighted by molar-refractivity contribution is 7.88. The van der Waals surface area contributed by atoms with Crippen LogP contribution in [0.1, 0.15) is 57.2 Å². The molecule has 2 rings (SSSR count). The second kappa shape index (κ2) is 5.28. The molecule has 9 heteroatoms. The van der Waals surface area contributed by atoms with Gasteiger partial charge in [0.1, 0.15) is 0 Å². The zero-order chi connectivity index (χ0) is 15.9. The molecule has 0 amide bonds. The van der Waals surface area contributed by atoms with Gasteiger partial charge in [-0.1, -0.05) is 5.16 Å². The fourth-order valence-corrected chi connectivity index (χ4v) is 3.47. The van der Waals surface area contributed by atoms with Gasteiger partial charge in [-0.05, 0) is 26.7 Å². The molecule has 6 nitrogen and oxygen atoms in total. The topological polar surface area (TPSA) is 85.1 Å². The maximum absolute atomic E-state index is 13.1. The first-order valence-corrected chi connectivity index (χ1v) is 8.58. The van der Waals surface area contributed by atoms with Gasteiger partial charge in [-0.3, -0.25) is 0 Å². The van der Waals surface area contributed by atoms with Gasteiger partial charge in [0.2, 0.25) is 21.8 Å². The highest BCUT2D eigenvalue weighted by Gasteiger charge is 2.38. The molecule has 1 aliphatic rings. The third-order valence-electron chi connectivity index (χ3n) is 3.51. The van der Waals surface area contributed by atoms with Crippen molar-refractivity contribution in [2.24, 2.45) is 0 Å². The molecular weight excluding hydrogens is 304 g/mol. The second-order valence-electron chi connectivity index (χ2n) is 6.09. The molecule has 1 aromatic heterocycles. The third-order valence-corrected chi connectivity index (χ3v) is 4.39. The maximum atomic E-state index is 13.1. The van der Waals surface area contributed by atoms with Crippen molar-refractivity contribution in [1.82, 2.24) is 14.9 Å². The zero-order valence-electron chi connectivity index (χ0n) is 12.2. The molecule has 0 atom stereocenters. The monoisotopic (exact) mass is 323 g/mol. The molecule has 0 unspecified atom stereocenters. The Balaban J connectivity index is 2.11. The average Bonchev–Trinajstić information content (AvgIpc) is 2.75. The molecule has 1 saturated carbocycles. The van der Waals surface area contributed by atoms with E-state index in [4.69, 9.17) is 4.52 Å². The van der Waals surface area contributed by atoms with Crippen molar-refractivity contribution in [3.8, 4) is 0 Å². The lowest BCUT2D eigenvalue weighted by Gasteiger charge is -2.25. The summed E-state index contributed by atoms with van der Waals surface area (Å²) in [6.07, 6.45) is 1.23. The van der Waals surface area contributed by atoms with Crippen molar-refractivity contribution < 1.29 is 21.7 Å². The van der Waals surface area contributed by atoms with Crippen LogP contribution in [0.5, 0.6) is 0 Å². The van der Waals surface area contributed by atoms with Crippen LogP contribution in [0.25, 0.3) is 0 Å². The first kappa shape index (κ1) is 16.3. The van der Waals surface area contributed by atoms with Crippen LogP contribution in [-0.2, 0) is 15.6 Å². The van der Waals surface area contributed by atoms with Gasteiger partial charge in [0.25, 0.3) is 0 Å². The van der Waals surface area contributed by atoms with Crippen LogP contribution >= 0.6 is 0 Å². The van der Waals surface area contributed by atoms with Crippen LogP contribution in [-0.4, -0.2) is 30.7 Å². The fraction of sp³-hybridized carbons (Fsp3) is 0.833. The molecule has 0 radical (unpaired) electrons. The highest BCUT2D eigenvalue weighted by atomic mass is 32.2. The second-order valence-corrected chi connectivity index (χ2v) is 7.83. The van der Waals surface area contributed by atoms with Crippen molar-refractivity contribution in [3.63, 3.8) is 0 Å². The highest BCUT2D eigenvalue weighted by Crippen LogP contribution is 2.40. The van der Waals surface area contributed by atoms with E-state index in [2.05, 4.69) is 14.9 Å². The van der Waals surface area contributed by atoms with Crippen LogP contribution in [0.2, 0.25) is 0 Å². The predicted octanol–water partition coefficient (Wildman–Crippen LogP) is 2.15. The molecule has 1 heterocycles. The number of halogens is 2. The van der Waals surface area contributed by atoms with Crippen LogP contribution < -0.4 is 4.72 Å². The molecule has 0 aromatic carbocycles. The largest absolute Gasteiger partial charge is 0.339 e. The normalized spacial score (nSPS) is 20.6. The first-order chi connectivity index (χ1) is 9.49. The van der Waals surface area contributed by atoms with E-state index < -0.39 is 21.5 Å². The lowest BCUT2D eigenvalue weighted by atomic mass is 9.87. The molecule has 0 bridgehead atoms. The summed E-state index contributed by atoms with van der Waals surface area (Å²) in [6, 6.07) is 0. The van der Waals surface area contributed by atoms with Gasteiger partial charge in [0.15, 0.2) is 5.82 Å². The van der Waals surface area contributed by atoms with E-state index in [1.165, 1.54) is 0 Å². The number of nitrogens with one attached hydrogen (secondary N) is 1. The molecule has 21 heavy (non-hydrogen) atoms. The first-order valence-electron chi connectivity index (χ1n) is 6.69. The summed E-state index contributed by atoms with van der Waals surface area (Å²) in [4.78, 5) is 4.19. The van der Waals surface area contributed by atoms with Crippen LogP contribution in [0, 0.1) is 0 Å². The number of hydrogen-bond acceptors (Lipinski definition) is 5. The number of hydrogen-bond donors (Lipinski definition) is 1. The summed E-state index contributed by atoms with van der Waals surface area (Å²) in [5, 5.41) is 3.78.